The van der Waals surface area contributed by atoms with Gasteiger partial charge < -0.3 is 131 Å². The molecule has 133 heavy (non-hydrogen) atoms. The minimum Gasteiger partial charge on any atom is -0.480 e. The Morgan fingerprint density at radius 3 is 0.632 bits per heavy atom. The van der Waals surface area contributed by atoms with Crippen molar-refractivity contribution in [2.45, 2.75) is 240 Å². The molecule has 0 aromatic rings. The number of rotatable bonds is 45. The molecule has 1 unspecified atom stereocenters. The van der Waals surface area contributed by atoms with Crippen LogP contribution in [0.3, 0.4) is 0 Å². The van der Waals surface area contributed by atoms with E-state index < -0.39 is 174 Å². The molecule has 10 rings (SSSR count). The first-order valence-electron chi connectivity index (χ1n) is 46.4. The minimum absolute atomic E-state index is 0.0172. The zero-order chi connectivity index (χ0) is 99.8. The first-order chi connectivity index (χ1) is 62.1. The molecule has 10 aliphatic rings. The second-order valence-corrected chi connectivity index (χ2v) is 46.0. The van der Waals surface area contributed by atoms with Crippen LogP contribution in [0.2, 0.25) is 31.6 Å². The van der Waals surface area contributed by atoms with Crippen LogP contribution in [0.4, 0.5) is 0 Å². The number of carboxylic acid groups (broad SMARTS) is 5. The Balaban J connectivity index is 0.000000256. The van der Waals surface area contributed by atoms with Crippen LogP contribution >= 0.6 is 0 Å². The summed E-state index contributed by atoms with van der Waals surface area (Å²) in [5, 5.41) is 154. The van der Waals surface area contributed by atoms with Gasteiger partial charge in [-0.15, -0.1) is 0 Å². The number of carbonyl (C=O) groups is 5. The zero-order valence-electron chi connectivity index (χ0n) is 77.3. The maximum Gasteiger partial charge on any atom is 0.451 e. The molecule has 10 heterocycles. The zero-order valence-corrected chi connectivity index (χ0v) is 81.4. The molecule has 0 spiro atoms. The van der Waals surface area contributed by atoms with Crippen molar-refractivity contribution in [2.75, 3.05) is 164 Å². The van der Waals surface area contributed by atoms with E-state index >= 15 is 0 Å². The average Bonchev–Trinajstić information content (AvgIpc) is 1.63. The van der Waals surface area contributed by atoms with Crippen LogP contribution in [0.25, 0.3) is 0 Å². The highest BCUT2D eigenvalue weighted by Crippen LogP contribution is 2.40. The summed E-state index contributed by atoms with van der Waals surface area (Å²) in [4.78, 5) is 58.8. The smallest absolute Gasteiger partial charge is 0.451 e. The van der Waals surface area contributed by atoms with Gasteiger partial charge in [0.15, 0.2) is 0 Å². The first-order valence-corrected chi connectivity index (χ1v) is 53.4. The first kappa shape index (κ1) is 118. The second-order valence-electron chi connectivity index (χ2n) is 36.6. The van der Waals surface area contributed by atoms with Gasteiger partial charge in [0, 0.05) is 184 Å². The van der Waals surface area contributed by atoms with Crippen LogP contribution in [-0.4, -0.2) is 448 Å². The number of aliphatic carboxylic acids is 5. The molecule has 50 nitrogen and oxygen atoms in total. The van der Waals surface area contributed by atoms with Crippen LogP contribution < -0.4 is 55.3 Å². The van der Waals surface area contributed by atoms with Gasteiger partial charge in [-0.25, -0.2) is 0 Å². The van der Waals surface area contributed by atoms with Gasteiger partial charge in [-0.05, 0) is 154 Å². The van der Waals surface area contributed by atoms with Crippen molar-refractivity contribution >= 4 is 116 Å². The Hall–Kier alpha value is -3.78. The van der Waals surface area contributed by atoms with Crippen LogP contribution in [0, 0.1) is 29.6 Å². The molecule has 0 aliphatic carbocycles. The molecule has 768 valence electrons. The molecule has 10 fully saturated rings. The van der Waals surface area contributed by atoms with Crippen molar-refractivity contribution in [3.8, 4) is 0 Å². The van der Waals surface area contributed by atoms with Crippen molar-refractivity contribution in [3.63, 3.8) is 0 Å². The fourth-order valence-electron chi connectivity index (χ4n) is 19.9. The van der Waals surface area contributed by atoms with E-state index in [0.717, 1.165) is 65.0 Å². The molecule has 0 bridgehead atoms. The summed E-state index contributed by atoms with van der Waals surface area (Å²) in [5.74, 6) is -9.14. The van der Waals surface area contributed by atoms with E-state index in [4.69, 9.17) is 78.9 Å². The van der Waals surface area contributed by atoms with Crippen molar-refractivity contribution in [2.24, 2.45) is 58.3 Å². The maximum absolute atomic E-state index is 13.2. The predicted molar refractivity (Wildman–Crippen MR) is 496 cm³/mol. The lowest BCUT2D eigenvalue weighted by molar-refractivity contribution is -0.145. The number of hydrogen-bond acceptors (Lipinski definition) is 35. The number of hydrogen-bond donors (Lipinski definition) is 25. The Morgan fingerprint density at radius 1 is 0.293 bits per heavy atom. The molecule has 0 saturated carbocycles. The maximum atomic E-state index is 13.2. The summed E-state index contributed by atoms with van der Waals surface area (Å²) in [6, 6.07) is -0.721. The highest BCUT2D eigenvalue weighted by Gasteiger charge is 2.60. The largest absolute Gasteiger partial charge is 0.480 e. The molecule has 0 amide bonds. The normalized spacial score (nSPS) is 29.6. The quantitative estimate of drug-likeness (QED) is 0.0252. The Kier molecular flexibility index (Phi) is 46.4. The van der Waals surface area contributed by atoms with Crippen LogP contribution in [0.5, 0.6) is 0 Å². The molecule has 0 aromatic carbocycles. The highest BCUT2D eigenvalue weighted by molar-refractivity contribution is 7.88. The topological polar surface area (TPSA) is 782 Å². The summed E-state index contributed by atoms with van der Waals surface area (Å²) < 4.78 is 145. The average molecular weight is 2000 g/mol. The Bertz CT molecular complexity index is 3910. The summed E-state index contributed by atoms with van der Waals surface area (Å²) in [7, 11) is -26.5. The van der Waals surface area contributed by atoms with Gasteiger partial charge in [-0.1, -0.05) is 66.7 Å². The van der Waals surface area contributed by atoms with E-state index in [0.29, 0.717) is 149 Å². The third kappa shape index (κ3) is 30.4. The molecule has 10 saturated heterocycles. The molecule has 0 aromatic heterocycles. The monoisotopic (exact) mass is 2000 g/mol. The van der Waals surface area contributed by atoms with Gasteiger partial charge >= 0.3 is 65.4 Å². The van der Waals surface area contributed by atoms with Crippen LogP contribution in [0.1, 0.15) is 150 Å². The van der Waals surface area contributed by atoms with Crippen LogP contribution in [-0.2, 0) is 75.0 Å². The predicted octanol–water partition coefficient (Wildman–Crippen LogP) is -9.42. The van der Waals surface area contributed by atoms with Crippen molar-refractivity contribution in [1.82, 2.24) is 69.6 Å². The van der Waals surface area contributed by atoms with E-state index in [1.54, 1.807) is 34.6 Å². The Morgan fingerprint density at radius 2 is 0.466 bits per heavy atom. The number of nitrogens with two attached hydrogens (primary N) is 5. The third-order valence-corrected chi connectivity index (χ3v) is 38.0. The number of piperidine rings is 3. The van der Waals surface area contributed by atoms with Gasteiger partial charge in [0.25, 0.3) is 51.0 Å². The number of nitrogens with zero attached hydrogens (tertiary/aromatic N) is 10. The fraction of sp³-hybridized carbons (Fsp3) is 0.932. The minimum atomic E-state index is -3.84. The summed E-state index contributed by atoms with van der Waals surface area (Å²) in [6.07, 6.45) is 9.93. The lowest BCUT2D eigenvalue weighted by atomic mass is 9.78. The molecular weight excluding hydrogens is 1850 g/mol. The van der Waals surface area contributed by atoms with E-state index in [1.807, 2.05) is 0 Å². The van der Waals surface area contributed by atoms with Gasteiger partial charge in [0.05, 0.1) is 0 Å². The summed E-state index contributed by atoms with van der Waals surface area (Å²) in [6.45, 7) is 16.1. The molecular formula is C73H151B5N20O30S5. The second kappa shape index (κ2) is 52.3. The molecule has 14 atom stereocenters. The van der Waals surface area contributed by atoms with Gasteiger partial charge in [-0.2, -0.15) is 85.1 Å². The van der Waals surface area contributed by atoms with Crippen molar-refractivity contribution in [3.05, 3.63) is 0 Å². The number of carboxylic acids is 5. The highest BCUT2D eigenvalue weighted by atomic mass is 32.2. The fourth-order valence-corrected chi connectivity index (χ4v) is 29.5. The SMILES string of the molecule is CCN(C1CCCNC1)S(=O)(=O)N1C[C@H](CCCB(O)O)[C@](N)(C(=O)O)C1.CCN(C1CCNCC1)S(=O)(=O)N1C[C@H](CCCB(O)O)[C@](N)(C(=O)O)C1.CCN([C@@H]1CCCNC1)S(=O)(=O)N1C[C@H](CCCB(O)O)[C@](N)(C(=O)O)C1.CCN([C@@H]1CCNC1)S(=O)(=O)N1C[C@H](CCCB(O)O)[C@](N)(C(=O)O)C1.CCN([C@H]1CCNC1)S(=O)(=O)N1C[C@H](CCCB(O)O)[C@](N)(C(=O)O)C1. The van der Waals surface area contributed by atoms with Crippen molar-refractivity contribution in [1.29, 1.82) is 0 Å². The lowest BCUT2D eigenvalue weighted by Crippen LogP contribution is -2.56. The molecule has 60 heteroatoms. The third-order valence-electron chi connectivity index (χ3n) is 27.6. The van der Waals surface area contributed by atoms with Gasteiger partial charge in [0.2, 0.25) is 0 Å². The summed E-state index contributed by atoms with van der Waals surface area (Å²) in [5.41, 5.74) is 22.1. The van der Waals surface area contributed by atoms with Gasteiger partial charge in [-0.3, -0.25) is 24.0 Å². The van der Waals surface area contributed by atoms with Crippen molar-refractivity contribution < 1.29 is 142 Å². The van der Waals surface area contributed by atoms with E-state index in [1.165, 1.54) is 43.1 Å². The lowest BCUT2D eigenvalue weighted by Gasteiger charge is -2.35. The van der Waals surface area contributed by atoms with E-state index in [-0.39, 0.29) is 127 Å². The van der Waals surface area contributed by atoms with E-state index in [2.05, 4.69) is 26.6 Å². The molecule has 30 N–H and O–H groups in total. The summed E-state index contributed by atoms with van der Waals surface area (Å²) >= 11 is 0. The standard InChI is InChI=1S/3C15H31BN4O6S.2C14H29BN4O6S/c2*1-2-20(13-6-4-8-18-9-13)27(25,26)19-10-12(5-3-7-16(23)24)15(17,11-19)14(21)22;1-2-20(13-5-8-18-9-6-13)27(25,26)19-10-12(4-3-7-16(23)24)15(17,11-19)14(21)22;2*1-2-19(12-5-7-17-8-12)26(24,25)18-9-11(4-3-6-15(22)23)14(16,10-18)13(20)21/h3*12-13,18,23-24H,2-11,17H2,1H3,(H,21,22);2*11-12,17,22-23H,2-10,16H2,1H3,(H,20,21)/t12-,13?,15-;12-,13+,15-;12-,15-;11-,12+,14-;11-,12-,14-/m00000/s1. The molecule has 10 aliphatic heterocycles. The number of likely N-dealkylation sites (N-methyl/N-ethyl adjacent to an activating group) is 4. The Labute approximate surface area is 785 Å². The number of nitrogens with one attached hydrogen (secondary N) is 5. The van der Waals surface area contributed by atoms with Gasteiger partial charge in [0.1, 0.15) is 27.7 Å². The molecule has 0 radical (unpaired) electrons. The van der Waals surface area contributed by atoms with E-state index in [9.17, 15) is 91.6 Å². The van der Waals surface area contributed by atoms with Crippen LogP contribution in [0.15, 0.2) is 0 Å².